The van der Waals surface area contributed by atoms with E-state index in [2.05, 4.69) is 35.4 Å². The molecule has 3 aliphatic rings. The van der Waals surface area contributed by atoms with Crippen LogP contribution in [0.15, 0.2) is 36.3 Å². The molecule has 0 aromatic heterocycles. The minimum Gasteiger partial charge on any atom is -0.464 e. The van der Waals surface area contributed by atoms with E-state index < -0.39 is 0 Å². The molecule has 0 fully saturated rings. The summed E-state index contributed by atoms with van der Waals surface area (Å²) in [6.07, 6.45) is 11.6. The van der Waals surface area contributed by atoms with E-state index in [1.165, 1.54) is 0 Å². The summed E-state index contributed by atoms with van der Waals surface area (Å²) in [5.74, 6) is 1.03. The summed E-state index contributed by atoms with van der Waals surface area (Å²) in [6.45, 7) is 0.985. The van der Waals surface area contributed by atoms with Crippen molar-refractivity contribution in [2.24, 2.45) is 0 Å². The third kappa shape index (κ3) is 0.530. The minimum absolute atomic E-state index is 0.121. The Kier molecular flexibility index (Phi) is 0.757. The van der Waals surface area contributed by atoms with Crippen molar-refractivity contribution in [2.75, 3.05) is 6.54 Å². The van der Waals surface area contributed by atoms with Gasteiger partial charge >= 0.3 is 0 Å². The van der Waals surface area contributed by atoms with Crippen LogP contribution in [-0.2, 0) is 4.74 Å². The molecule has 3 aliphatic heterocycles. The average molecular weight is 147 g/mol. The fourth-order valence-corrected chi connectivity index (χ4v) is 1.85. The molecule has 3 heterocycles. The van der Waals surface area contributed by atoms with Gasteiger partial charge in [0.2, 0.25) is 5.72 Å². The normalized spacial score (nSPS) is 37.1. The molecular formula is C9H9NO. The molecule has 0 saturated carbocycles. The molecule has 0 radical (unpaired) electrons. The molecule has 3 rings (SSSR count). The van der Waals surface area contributed by atoms with E-state index in [-0.39, 0.29) is 5.72 Å². The van der Waals surface area contributed by atoms with Crippen molar-refractivity contribution < 1.29 is 4.74 Å². The highest BCUT2D eigenvalue weighted by molar-refractivity contribution is 5.32. The second-order valence-corrected chi connectivity index (χ2v) is 3.13. The lowest BCUT2D eigenvalue weighted by atomic mass is 10.1. The Balaban J connectivity index is 2.13. The summed E-state index contributed by atoms with van der Waals surface area (Å²) in [7, 11) is 0. The minimum atomic E-state index is -0.121. The maximum atomic E-state index is 5.72. The summed E-state index contributed by atoms with van der Waals surface area (Å²) in [6, 6.07) is 0. The van der Waals surface area contributed by atoms with Gasteiger partial charge in [-0.2, -0.15) is 0 Å². The van der Waals surface area contributed by atoms with Gasteiger partial charge in [0.15, 0.2) is 0 Å². The second kappa shape index (κ2) is 1.52. The van der Waals surface area contributed by atoms with E-state index in [0.717, 1.165) is 18.7 Å². The first-order valence-corrected chi connectivity index (χ1v) is 3.91. The van der Waals surface area contributed by atoms with E-state index >= 15 is 0 Å². The molecule has 2 bridgehead atoms. The van der Waals surface area contributed by atoms with Crippen molar-refractivity contribution in [3.05, 3.63) is 36.3 Å². The van der Waals surface area contributed by atoms with Gasteiger partial charge < -0.3 is 9.64 Å². The molecule has 1 atom stereocenters. The Morgan fingerprint density at radius 3 is 3.55 bits per heavy atom. The van der Waals surface area contributed by atoms with Crippen LogP contribution in [0.4, 0.5) is 0 Å². The molecule has 1 spiro atoms. The van der Waals surface area contributed by atoms with Crippen LogP contribution in [0.25, 0.3) is 0 Å². The predicted octanol–water partition coefficient (Wildman–Crippen LogP) is 1.39. The van der Waals surface area contributed by atoms with Gasteiger partial charge in [-0.15, -0.1) is 0 Å². The molecule has 0 amide bonds. The highest BCUT2D eigenvalue weighted by atomic mass is 16.5. The molecule has 11 heavy (non-hydrogen) atoms. The number of rotatable bonds is 0. The Morgan fingerprint density at radius 2 is 2.55 bits per heavy atom. The largest absolute Gasteiger partial charge is 0.464 e. The fraction of sp³-hybridized carbons (Fsp3) is 0.333. The first-order valence-electron chi connectivity index (χ1n) is 3.91. The van der Waals surface area contributed by atoms with Gasteiger partial charge in [-0.25, -0.2) is 0 Å². The van der Waals surface area contributed by atoms with E-state index in [1.807, 2.05) is 0 Å². The van der Waals surface area contributed by atoms with Crippen molar-refractivity contribution in [3.63, 3.8) is 0 Å². The first-order chi connectivity index (χ1) is 5.39. The zero-order valence-electron chi connectivity index (χ0n) is 6.16. The molecule has 0 aromatic rings. The lowest BCUT2D eigenvalue weighted by Gasteiger charge is -2.36. The molecule has 0 aromatic carbocycles. The highest BCUT2D eigenvalue weighted by Gasteiger charge is 2.42. The maximum absolute atomic E-state index is 5.72. The van der Waals surface area contributed by atoms with Crippen molar-refractivity contribution in [2.45, 2.75) is 12.1 Å². The van der Waals surface area contributed by atoms with E-state index in [0.29, 0.717) is 0 Å². The summed E-state index contributed by atoms with van der Waals surface area (Å²) in [5, 5.41) is 0. The van der Waals surface area contributed by atoms with Crippen LogP contribution in [0.2, 0.25) is 0 Å². The zero-order valence-corrected chi connectivity index (χ0v) is 6.16. The first kappa shape index (κ1) is 5.47. The topological polar surface area (TPSA) is 12.5 Å². The summed E-state index contributed by atoms with van der Waals surface area (Å²) in [5.41, 5.74) is -0.121. The summed E-state index contributed by atoms with van der Waals surface area (Å²) >= 11 is 0. The number of nitrogens with zero attached hydrogens (tertiary/aromatic N) is 1. The van der Waals surface area contributed by atoms with Crippen molar-refractivity contribution in [1.29, 1.82) is 0 Å². The molecule has 0 unspecified atom stereocenters. The van der Waals surface area contributed by atoms with Crippen LogP contribution < -0.4 is 0 Å². The highest BCUT2D eigenvalue weighted by Crippen LogP contribution is 2.39. The van der Waals surface area contributed by atoms with Gasteiger partial charge in [0.25, 0.3) is 0 Å². The molecule has 0 N–H and O–H groups in total. The molecule has 2 heteroatoms. The zero-order chi connectivity index (χ0) is 7.31. The van der Waals surface area contributed by atoms with E-state index in [4.69, 9.17) is 4.74 Å². The third-order valence-electron chi connectivity index (χ3n) is 2.47. The Morgan fingerprint density at radius 1 is 1.55 bits per heavy atom. The lowest BCUT2D eigenvalue weighted by molar-refractivity contribution is -0.0434. The molecule has 2 nitrogen and oxygen atoms in total. The van der Waals surface area contributed by atoms with Crippen molar-refractivity contribution in [1.82, 2.24) is 4.90 Å². The van der Waals surface area contributed by atoms with Gasteiger partial charge in [-0.3, -0.25) is 0 Å². The summed E-state index contributed by atoms with van der Waals surface area (Å²) in [4.78, 5) is 2.22. The smallest absolute Gasteiger partial charge is 0.206 e. The Labute approximate surface area is 65.4 Å². The molecule has 56 valence electrons. The van der Waals surface area contributed by atoms with Gasteiger partial charge in [0.05, 0.1) is 0 Å². The number of hydrogen-bond acceptors (Lipinski definition) is 2. The molecular weight excluding hydrogens is 138 g/mol. The quantitative estimate of drug-likeness (QED) is 0.513. The Bertz CT molecular complexity index is 290. The maximum Gasteiger partial charge on any atom is 0.206 e. The standard InChI is InChI=1S/C9H9NO/c1-4-9-5-2-8(11-9)3-7-10(9)6-1/h1-3,5-6H,4,7H2/t9-/m0/s1. The second-order valence-electron chi connectivity index (χ2n) is 3.13. The third-order valence-corrected chi connectivity index (χ3v) is 2.47. The van der Waals surface area contributed by atoms with Gasteiger partial charge in [-0.1, -0.05) is 6.08 Å². The van der Waals surface area contributed by atoms with Crippen molar-refractivity contribution >= 4 is 0 Å². The van der Waals surface area contributed by atoms with Crippen LogP contribution in [-0.4, -0.2) is 17.2 Å². The number of ether oxygens (including phenoxy) is 1. The van der Waals surface area contributed by atoms with E-state index in [1.54, 1.807) is 0 Å². The van der Waals surface area contributed by atoms with Crippen LogP contribution in [0.1, 0.15) is 6.42 Å². The molecule has 0 aliphatic carbocycles. The molecule has 0 saturated heterocycles. The average Bonchev–Trinajstić information content (AvgIpc) is 2.58. The van der Waals surface area contributed by atoms with Gasteiger partial charge in [0.1, 0.15) is 5.76 Å². The number of allylic oxidation sites excluding steroid dienone is 1. The van der Waals surface area contributed by atoms with Crippen LogP contribution >= 0.6 is 0 Å². The number of fused-ring (bicyclic) bond motifs is 1. The van der Waals surface area contributed by atoms with Crippen LogP contribution in [0.5, 0.6) is 0 Å². The van der Waals surface area contributed by atoms with Gasteiger partial charge in [0, 0.05) is 13.0 Å². The number of hydrogen-bond donors (Lipinski definition) is 0. The Hall–Kier alpha value is -1.18. The van der Waals surface area contributed by atoms with E-state index in [9.17, 15) is 0 Å². The van der Waals surface area contributed by atoms with Crippen molar-refractivity contribution in [3.8, 4) is 0 Å². The lowest BCUT2D eigenvalue weighted by Crippen LogP contribution is -2.43. The summed E-state index contributed by atoms with van der Waals surface area (Å²) < 4.78 is 5.72. The fourth-order valence-electron chi connectivity index (χ4n) is 1.85. The van der Waals surface area contributed by atoms with Crippen LogP contribution in [0, 0.1) is 0 Å². The van der Waals surface area contributed by atoms with Crippen LogP contribution in [0.3, 0.4) is 0 Å². The predicted molar refractivity (Wildman–Crippen MR) is 41.5 cm³/mol. The monoisotopic (exact) mass is 147 g/mol. The SMILES string of the molecule is C1=CN2CC=C3C=C[C@]2(C1)O3. The van der Waals surface area contributed by atoms with Gasteiger partial charge in [-0.05, 0) is 24.4 Å².